The van der Waals surface area contributed by atoms with E-state index in [1.165, 1.54) is 0 Å². The molecule has 0 spiro atoms. The normalized spacial score (nSPS) is 13.0. The number of anilines is 1. The molecule has 0 amide bonds. The lowest BCUT2D eigenvalue weighted by molar-refractivity contribution is 0.0979. The second-order valence-electron chi connectivity index (χ2n) is 5.96. The number of aliphatic hydroxyl groups is 1. The zero-order valence-corrected chi connectivity index (χ0v) is 12.8. The van der Waals surface area contributed by atoms with Crippen molar-refractivity contribution in [2.24, 2.45) is 0 Å². The Hall–Kier alpha value is -2.90. The van der Waals surface area contributed by atoms with Crippen molar-refractivity contribution in [2.45, 2.75) is 19.4 Å². The number of ketones is 2. The molecular weight excluding hydrogens is 290 g/mol. The molecule has 2 aromatic rings. The highest BCUT2D eigenvalue weighted by atomic mass is 16.3. The molecule has 1 aliphatic rings. The highest BCUT2D eigenvalue weighted by molar-refractivity contribution is 6.30. The molecule has 0 bridgehead atoms. The lowest BCUT2D eigenvalue weighted by Gasteiger charge is -2.19. The van der Waals surface area contributed by atoms with Crippen molar-refractivity contribution in [1.29, 1.82) is 0 Å². The van der Waals surface area contributed by atoms with Gasteiger partial charge < -0.3 is 10.8 Å². The summed E-state index contributed by atoms with van der Waals surface area (Å²) in [5.74, 6) is 4.94. The average molecular weight is 305 g/mol. The van der Waals surface area contributed by atoms with Gasteiger partial charge >= 0.3 is 0 Å². The highest BCUT2D eigenvalue weighted by Crippen LogP contribution is 2.32. The minimum absolute atomic E-state index is 0.173. The van der Waals surface area contributed by atoms with Crippen LogP contribution in [-0.4, -0.2) is 22.3 Å². The number of hydrogen-bond acceptors (Lipinski definition) is 4. The van der Waals surface area contributed by atoms with E-state index >= 15 is 0 Å². The van der Waals surface area contributed by atoms with Crippen LogP contribution in [0.25, 0.3) is 0 Å². The van der Waals surface area contributed by atoms with E-state index in [1.807, 2.05) is 0 Å². The maximum Gasteiger partial charge on any atom is 0.196 e. The van der Waals surface area contributed by atoms with Gasteiger partial charge in [-0.15, -0.1) is 0 Å². The van der Waals surface area contributed by atoms with Gasteiger partial charge in [0, 0.05) is 22.3 Å². The van der Waals surface area contributed by atoms with Gasteiger partial charge in [0.15, 0.2) is 11.6 Å². The van der Waals surface area contributed by atoms with Crippen LogP contribution in [0.4, 0.5) is 5.69 Å². The van der Waals surface area contributed by atoms with E-state index < -0.39 is 5.60 Å². The van der Waals surface area contributed by atoms with Crippen molar-refractivity contribution >= 4 is 17.3 Å². The largest absolute Gasteiger partial charge is 0.397 e. The van der Waals surface area contributed by atoms with Gasteiger partial charge in [-0.3, -0.25) is 9.59 Å². The monoisotopic (exact) mass is 305 g/mol. The summed E-state index contributed by atoms with van der Waals surface area (Å²) in [6.45, 7) is 3.11. The van der Waals surface area contributed by atoms with Crippen LogP contribution in [0.2, 0.25) is 0 Å². The SMILES string of the molecule is CC(C)(O)C#Cc1ccc2c(c1N)C(=O)c1ccccc1C2=O. The van der Waals surface area contributed by atoms with E-state index in [-0.39, 0.29) is 22.8 Å². The Balaban J connectivity index is 2.20. The van der Waals surface area contributed by atoms with Crippen molar-refractivity contribution in [3.05, 3.63) is 64.2 Å². The Kier molecular flexibility index (Phi) is 3.32. The molecule has 114 valence electrons. The Morgan fingerprint density at radius 3 is 2.17 bits per heavy atom. The van der Waals surface area contributed by atoms with Crippen LogP contribution in [0.3, 0.4) is 0 Å². The second-order valence-corrected chi connectivity index (χ2v) is 5.96. The van der Waals surface area contributed by atoms with Crippen LogP contribution < -0.4 is 5.73 Å². The van der Waals surface area contributed by atoms with Gasteiger partial charge in [0.25, 0.3) is 0 Å². The third-order valence-corrected chi connectivity index (χ3v) is 3.64. The number of carbonyl (C=O) groups excluding carboxylic acids is 2. The van der Waals surface area contributed by atoms with E-state index in [9.17, 15) is 14.7 Å². The number of benzene rings is 2. The van der Waals surface area contributed by atoms with Crippen molar-refractivity contribution in [2.75, 3.05) is 5.73 Å². The lowest BCUT2D eigenvalue weighted by Crippen LogP contribution is -2.22. The molecule has 0 saturated heterocycles. The smallest absolute Gasteiger partial charge is 0.196 e. The standard InChI is InChI=1S/C19H15NO3/c1-19(2,23)10-9-11-7-8-14-15(16(11)20)18(22)13-6-4-3-5-12(13)17(14)21/h3-8,23H,20H2,1-2H3. The fourth-order valence-electron chi connectivity index (χ4n) is 2.54. The lowest BCUT2D eigenvalue weighted by atomic mass is 9.82. The molecule has 2 aromatic carbocycles. The third kappa shape index (κ3) is 2.52. The number of hydrogen-bond donors (Lipinski definition) is 2. The summed E-state index contributed by atoms with van der Waals surface area (Å²) in [7, 11) is 0. The Morgan fingerprint density at radius 1 is 0.957 bits per heavy atom. The highest BCUT2D eigenvalue weighted by Gasteiger charge is 2.31. The van der Waals surface area contributed by atoms with Gasteiger partial charge in [0.1, 0.15) is 5.60 Å². The molecule has 0 heterocycles. The topological polar surface area (TPSA) is 80.4 Å². The first-order valence-corrected chi connectivity index (χ1v) is 7.16. The molecule has 4 nitrogen and oxygen atoms in total. The number of rotatable bonds is 0. The minimum Gasteiger partial charge on any atom is -0.397 e. The summed E-state index contributed by atoms with van der Waals surface area (Å²) in [5.41, 5.74) is 6.73. The van der Waals surface area contributed by atoms with Crippen LogP contribution in [-0.2, 0) is 0 Å². The maximum atomic E-state index is 12.7. The Bertz CT molecular complexity index is 908. The first-order valence-electron chi connectivity index (χ1n) is 7.16. The molecule has 3 N–H and O–H groups in total. The molecule has 0 fully saturated rings. The summed E-state index contributed by atoms with van der Waals surface area (Å²) in [6, 6.07) is 9.86. The number of nitrogens with two attached hydrogens (primary N) is 1. The number of carbonyl (C=O) groups is 2. The van der Waals surface area contributed by atoms with Crippen LogP contribution in [0, 0.1) is 11.8 Å². The molecule has 0 saturated carbocycles. The summed E-state index contributed by atoms with van der Waals surface area (Å²) in [6.07, 6.45) is 0. The van der Waals surface area contributed by atoms with Crippen LogP contribution in [0.5, 0.6) is 0 Å². The quantitative estimate of drug-likeness (QED) is 0.493. The zero-order valence-electron chi connectivity index (χ0n) is 12.8. The van der Waals surface area contributed by atoms with E-state index in [1.54, 1.807) is 50.2 Å². The fourth-order valence-corrected chi connectivity index (χ4v) is 2.54. The predicted molar refractivity (Wildman–Crippen MR) is 87.3 cm³/mol. The molecule has 4 heteroatoms. The number of nitrogen functional groups attached to an aromatic ring is 1. The third-order valence-electron chi connectivity index (χ3n) is 3.64. The molecule has 1 aliphatic carbocycles. The van der Waals surface area contributed by atoms with Gasteiger partial charge in [0.2, 0.25) is 0 Å². The van der Waals surface area contributed by atoms with Crippen molar-refractivity contribution < 1.29 is 14.7 Å². The molecule has 23 heavy (non-hydrogen) atoms. The minimum atomic E-state index is -1.17. The zero-order chi connectivity index (χ0) is 16.8. The molecule has 0 radical (unpaired) electrons. The van der Waals surface area contributed by atoms with Crippen molar-refractivity contribution in [3.8, 4) is 11.8 Å². The first kappa shape index (κ1) is 15.0. The van der Waals surface area contributed by atoms with Crippen LogP contribution >= 0.6 is 0 Å². The molecular formula is C19H15NO3. The van der Waals surface area contributed by atoms with Gasteiger partial charge in [-0.25, -0.2) is 0 Å². The van der Waals surface area contributed by atoms with Crippen molar-refractivity contribution in [3.63, 3.8) is 0 Å². The molecule has 3 rings (SSSR count). The van der Waals surface area contributed by atoms with E-state index in [4.69, 9.17) is 5.73 Å². The molecule has 0 aliphatic heterocycles. The van der Waals surface area contributed by atoms with Crippen LogP contribution in [0.1, 0.15) is 51.3 Å². The molecule has 0 unspecified atom stereocenters. The van der Waals surface area contributed by atoms with Gasteiger partial charge in [-0.05, 0) is 26.0 Å². The summed E-state index contributed by atoms with van der Waals surface area (Å²) in [4.78, 5) is 25.2. The van der Waals surface area contributed by atoms with E-state index in [2.05, 4.69) is 11.8 Å². The van der Waals surface area contributed by atoms with Crippen LogP contribution in [0.15, 0.2) is 36.4 Å². The van der Waals surface area contributed by atoms with Gasteiger partial charge in [-0.1, -0.05) is 36.1 Å². The number of fused-ring (bicyclic) bond motifs is 2. The Labute approximate surface area is 133 Å². The van der Waals surface area contributed by atoms with E-state index in [0.717, 1.165) is 0 Å². The van der Waals surface area contributed by atoms with Gasteiger partial charge in [-0.2, -0.15) is 0 Å². The van der Waals surface area contributed by atoms with Crippen molar-refractivity contribution in [1.82, 2.24) is 0 Å². The molecule has 0 atom stereocenters. The Morgan fingerprint density at radius 2 is 1.57 bits per heavy atom. The first-order chi connectivity index (χ1) is 10.8. The molecule has 0 aromatic heterocycles. The summed E-state index contributed by atoms with van der Waals surface area (Å²) in [5, 5.41) is 9.70. The van der Waals surface area contributed by atoms with E-state index in [0.29, 0.717) is 22.3 Å². The second kappa shape index (κ2) is 5.08. The fraction of sp³-hybridized carbons (Fsp3) is 0.158. The van der Waals surface area contributed by atoms with Gasteiger partial charge in [0.05, 0.1) is 11.3 Å². The predicted octanol–water partition coefficient (Wildman–Crippen LogP) is 2.17. The summed E-state index contributed by atoms with van der Waals surface area (Å²) < 4.78 is 0. The summed E-state index contributed by atoms with van der Waals surface area (Å²) >= 11 is 0. The average Bonchev–Trinajstić information content (AvgIpc) is 2.50. The maximum absolute atomic E-state index is 12.7.